The van der Waals surface area contributed by atoms with Crippen LogP contribution < -0.4 is 0 Å². The maximum absolute atomic E-state index is 10.9. The summed E-state index contributed by atoms with van der Waals surface area (Å²) in [6.07, 6.45) is 2.62. The molecule has 0 fully saturated rings. The molecule has 0 amide bonds. The van der Waals surface area contributed by atoms with E-state index in [1.807, 2.05) is 26.0 Å². The van der Waals surface area contributed by atoms with Crippen LogP contribution in [0.5, 0.6) is 5.75 Å². The van der Waals surface area contributed by atoms with Crippen molar-refractivity contribution in [2.45, 2.75) is 39.8 Å². The number of halogens is 1. The third-order valence-corrected chi connectivity index (χ3v) is 3.25. The van der Waals surface area contributed by atoms with E-state index in [9.17, 15) is 4.79 Å². The van der Waals surface area contributed by atoms with Crippen LogP contribution in [0.2, 0.25) is 12.6 Å². The minimum Gasteiger partial charge on any atom is -0.508 e. The lowest BCUT2D eigenvalue weighted by Crippen LogP contribution is -2.08. The summed E-state index contributed by atoms with van der Waals surface area (Å²) in [5.74, 6) is 0.550. The van der Waals surface area contributed by atoms with E-state index in [1.165, 1.54) is 5.56 Å². The third kappa shape index (κ3) is 8.24. The molecule has 0 heterocycles. The van der Waals surface area contributed by atoms with Crippen LogP contribution in [-0.2, 0) is 11.2 Å². The zero-order valence-electron chi connectivity index (χ0n) is 10.7. The Kier molecular flexibility index (Phi) is 9.22. The molecule has 0 atom stereocenters. The molecule has 4 heteroatoms. The Balaban J connectivity index is 0.00000121. The van der Waals surface area contributed by atoms with E-state index in [0.717, 1.165) is 12.7 Å². The van der Waals surface area contributed by atoms with Crippen LogP contribution in [0, 0.1) is 0 Å². The summed E-state index contributed by atoms with van der Waals surface area (Å²) in [7, 11) is 0. The molecular weight excluding hydrogens is 326 g/mol. The molecule has 0 aliphatic heterocycles. The van der Waals surface area contributed by atoms with Gasteiger partial charge in [0.1, 0.15) is 11.5 Å². The summed E-state index contributed by atoms with van der Waals surface area (Å²) in [6.45, 7) is 5.63. The molecule has 1 aromatic rings. The Labute approximate surface area is 118 Å². The van der Waals surface area contributed by atoms with Gasteiger partial charge < -0.3 is 9.90 Å². The second-order valence-corrected chi connectivity index (χ2v) is 5.47. The largest absolute Gasteiger partial charge is 0.508 e. The van der Waals surface area contributed by atoms with Crippen molar-refractivity contribution in [2.24, 2.45) is 0 Å². The van der Waals surface area contributed by atoms with Crippen molar-refractivity contribution in [3.05, 3.63) is 29.8 Å². The summed E-state index contributed by atoms with van der Waals surface area (Å²) in [5.41, 5.74) is 1.21. The van der Waals surface area contributed by atoms with Crippen molar-refractivity contribution < 1.29 is 9.90 Å². The summed E-state index contributed by atoms with van der Waals surface area (Å²) in [6, 6.07) is 7.24. The van der Waals surface area contributed by atoms with E-state index in [2.05, 4.69) is 22.4 Å². The predicted molar refractivity (Wildman–Crippen MR) is 83.2 cm³/mol. The first-order chi connectivity index (χ1) is 8.08. The number of hydrogen-bond donors (Lipinski definition) is 1. The Bertz CT molecular complexity index is 325. The third-order valence-electron chi connectivity index (χ3n) is 2.19. The maximum Gasteiger partial charge on any atom is 0.225 e. The van der Waals surface area contributed by atoms with Gasteiger partial charge in [-0.15, -0.1) is 22.4 Å². The van der Waals surface area contributed by atoms with Gasteiger partial charge in [0.05, 0.1) is 0 Å². The first kappa shape index (κ1) is 16.5. The highest BCUT2D eigenvalue weighted by molar-refractivity contribution is 14.1. The molecule has 0 radical (unpaired) electrons. The van der Waals surface area contributed by atoms with Gasteiger partial charge >= 0.3 is 0 Å². The quantitative estimate of drug-likeness (QED) is 0.647. The van der Waals surface area contributed by atoms with Crippen LogP contribution >= 0.6 is 22.4 Å². The second-order valence-electron chi connectivity index (χ2n) is 3.71. The molecule has 0 unspecified atom stereocenters. The normalized spacial score (nSPS) is 9.18. The maximum atomic E-state index is 10.9. The van der Waals surface area contributed by atoms with Gasteiger partial charge in [-0.1, -0.05) is 32.3 Å². The molecule has 0 saturated carbocycles. The van der Waals surface area contributed by atoms with E-state index in [0.29, 0.717) is 16.6 Å². The van der Waals surface area contributed by atoms with Crippen LogP contribution in [0.1, 0.15) is 26.3 Å². The van der Waals surface area contributed by atoms with E-state index in [-0.39, 0.29) is 5.78 Å². The van der Waals surface area contributed by atoms with Crippen molar-refractivity contribution in [1.29, 1.82) is 0 Å². The minimum absolute atomic E-state index is 0.250. The number of benzene rings is 1. The second kappa shape index (κ2) is 9.51. The zero-order valence-corrected chi connectivity index (χ0v) is 12.9. The van der Waals surface area contributed by atoms with Gasteiger partial charge in [0.25, 0.3) is 0 Å². The van der Waals surface area contributed by atoms with Gasteiger partial charge in [-0.3, -0.25) is 0 Å². The first-order valence-electron chi connectivity index (χ1n) is 5.99. The van der Waals surface area contributed by atoms with Crippen molar-refractivity contribution in [1.82, 2.24) is 0 Å². The summed E-state index contributed by atoms with van der Waals surface area (Å²) >= 11 is 2.32. The van der Waals surface area contributed by atoms with Crippen LogP contribution in [0.4, 0.5) is 0 Å². The predicted octanol–water partition coefficient (Wildman–Crippen LogP) is 3.98. The number of phenols is 1. The van der Waals surface area contributed by atoms with Crippen LogP contribution in [0.3, 0.4) is 0 Å². The van der Waals surface area contributed by atoms with Gasteiger partial charge in [0.2, 0.25) is 4.57 Å². The lowest BCUT2D eigenvalue weighted by atomic mass is 9.68. The monoisotopic (exact) mass is 346 g/mol. The molecule has 2 nitrogen and oxygen atoms in total. The standard InChI is InChI=1S/C11H14BIO2.C2H6/c1-9(14)8-12(13)7-6-10-2-4-11(15)5-3-10;1-2/h2-5,15H,6-8H2,1H3;1-2H3. The molecule has 1 aromatic carbocycles. The molecule has 0 bridgehead atoms. The minimum atomic E-state index is 0.250. The average molecular weight is 346 g/mol. The number of ketones is 1. The summed E-state index contributed by atoms with van der Waals surface area (Å²) in [4.78, 5) is 10.9. The average Bonchev–Trinajstić information content (AvgIpc) is 2.30. The number of carbonyl (C=O) groups excluding carboxylic acids is 1. The number of carbonyl (C=O) groups is 1. The van der Waals surface area contributed by atoms with E-state index in [4.69, 9.17) is 5.11 Å². The number of rotatable bonds is 5. The SMILES string of the molecule is CC.CC(=O)CB(I)CCc1ccc(O)cc1. The molecule has 0 spiro atoms. The fraction of sp³-hybridized carbons (Fsp3) is 0.462. The summed E-state index contributed by atoms with van der Waals surface area (Å²) < 4.78 is 0.411. The molecule has 17 heavy (non-hydrogen) atoms. The topological polar surface area (TPSA) is 37.3 Å². The highest BCUT2D eigenvalue weighted by atomic mass is 127. The fourth-order valence-corrected chi connectivity index (χ4v) is 2.33. The van der Waals surface area contributed by atoms with E-state index >= 15 is 0 Å². The van der Waals surface area contributed by atoms with Crippen LogP contribution in [-0.4, -0.2) is 15.5 Å². The number of aryl methyl sites for hydroxylation is 1. The molecule has 0 saturated heterocycles. The smallest absolute Gasteiger partial charge is 0.225 e. The molecule has 0 aliphatic rings. The number of Topliss-reactive ketones (excluding diaryl/α,β-unsaturated/α-hetero) is 1. The van der Waals surface area contributed by atoms with Crippen LogP contribution in [0.15, 0.2) is 24.3 Å². The van der Waals surface area contributed by atoms with Gasteiger partial charge in [0.15, 0.2) is 0 Å². The highest BCUT2D eigenvalue weighted by Gasteiger charge is 2.11. The van der Waals surface area contributed by atoms with Crippen molar-refractivity contribution in [3.63, 3.8) is 0 Å². The highest BCUT2D eigenvalue weighted by Crippen LogP contribution is 2.15. The molecular formula is C13H20BIO2. The zero-order chi connectivity index (χ0) is 13.3. The summed E-state index contributed by atoms with van der Waals surface area (Å²) in [5, 5.41) is 9.11. The van der Waals surface area contributed by atoms with Crippen molar-refractivity contribution in [3.8, 4) is 5.75 Å². The van der Waals surface area contributed by atoms with E-state index < -0.39 is 0 Å². The number of aromatic hydroxyl groups is 1. The Morgan fingerprint density at radius 2 is 1.82 bits per heavy atom. The van der Waals surface area contributed by atoms with Crippen LogP contribution in [0.25, 0.3) is 0 Å². The lowest BCUT2D eigenvalue weighted by molar-refractivity contribution is -0.114. The first-order valence-corrected chi connectivity index (χ1v) is 7.24. The van der Waals surface area contributed by atoms with Gasteiger partial charge in [0, 0.05) is 0 Å². The molecule has 1 N–H and O–H groups in total. The molecule has 0 aliphatic carbocycles. The Morgan fingerprint density at radius 3 is 2.29 bits per heavy atom. The van der Waals surface area contributed by atoms with Gasteiger partial charge in [-0.2, -0.15) is 0 Å². The van der Waals surface area contributed by atoms with Crippen molar-refractivity contribution in [2.75, 3.05) is 0 Å². The Hall–Kier alpha value is -0.515. The van der Waals surface area contributed by atoms with E-state index in [1.54, 1.807) is 19.1 Å². The fourth-order valence-electron chi connectivity index (χ4n) is 1.40. The van der Waals surface area contributed by atoms with Gasteiger partial charge in [-0.25, -0.2) is 0 Å². The molecule has 0 aromatic heterocycles. The molecule has 1 rings (SSSR count). The lowest BCUT2D eigenvalue weighted by Gasteiger charge is -2.04. The van der Waals surface area contributed by atoms with Crippen molar-refractivity contribution >= 4 is 32.7 Å². The number of phenolic OH excluding ortho intramolecular Hbond substituents is 1. The van der Waals surface area contributed by atoms with Gasteiger partial charge in [-0.05, 0) is 37.4 Å². The Morgan fingerprint density at radius 1 is 1.29 bits per heavy atom. The number of hydrogen-bond acceptors (Lipinski definition) is 2. The molecule has 94 valence electrons.